The molecular weight excluding hydrogens is 351 g/mol. The van der Waals surface area contributed by atoms with Crippen LogP contribution in [0.1, 0.15) is 36.7 Å². The molecule has 0 aliphatic carbocycles. The lowest BCUT2D eigenvalue weighted by Gasteiger charge is -2.20. The number of benzene rings is 1. The van der Waals surface area contributed by atoms with Crippen LogP contribution in [-0.4, -0.2) is 27.4 Å². The van der Waals surface area contributed by atoms with Gasteiger partial charge in [0.15, 0.2) is 11.6 Å². The fraction of sp³-hybridized carbons (Fsp3) is 0.250. The minimum Gasteiger partial charge on any atom is -0.443 e. The Kier molecular flexibility index (Phi) is 5.53. The van der Waals surface area contributed by atoms with Gasteiger partial charge in [0.2, 0.25) is 5.28 Å². The lowest BCUT2D eigenvalue weighted by Crippen LogP contribution is -2.36. The van der Waals surface area contributed by atoms with E-state index in [4.69, 9.17) is 16.3 Å². The molecule has 7 nitrogen and oxygen atoms in total. The largest absolute Gasteiger partial charge is 0.443 e. The molecule has 0 radical (unpaired) electrons. The van der Waals surface area contributed by atoms with E-state index in [0.717, 1.165) is 12.1 Å². The Balaban J connectivity index is 2.21. The molecule has 9 heteroatoms. The standard InChI is InChI=1S/C16H16ClFN4O3/c1-16(2,3)25-15(24)22-21-13-11(8-19-14(17)20-13)12(23)9-4-6-10(18)7-5-9/h4-8H,1-3H3,(H,22,24)(H,19,20,21). The minimum absolute atomic E-state index is 0.0137. The molecule has 0 aliphatic rings. The monoisotopic (exact) mass is 366 g/mol. The molecule has 0 bridgehead atoms. The highest BCUT2D eigenvalue weighted by Crippen LogP contribution is 2.18. The van der Waals surface area contributed by atoms with Gasteiger partial charge in [-0.2, -0.15) is 4.98 Å². The molecule has 1 aromatic carbocycles. The van der Waals surface area contributed by atoms with Gasteiger partial charge in [0, 0.05) is 11.8 Å². The molecule has 0 saturated heterocycles. The number of anilines is 1. The second kappa shape index (κ2) is 7.43. The number of hydrazine groups is 1. The van der Waals surface area contributed by atoms with E-state index < -0.39 is 23.3 Å². The number of carbonyl (C=O) groups is 2. The first-order valence-electron chi connectivity index (χ1n) is 7.23. The minimum atomic E-state index is -0.762. The van der Waals surface area contributed by atoms with Crippen molar-refractivity contribution < 1.29 is 18.7 Å². The molecule has 1 heterocycles. The summed E-state index contributed by atoms with van der Waals surface area (Å²) in [4.78, 5) is 31.9. The van der Waals surface area contributed by atoms with Crippen molar-refractivity contribution in [2.24, 2.45) is 0 Å². The topological polar surface area (TPSA) is 93.2 Å². The van der Waals surface area contributed by atoms with Gasteiger partial charge < -0.3 is 4.74 Å². The van der Waals surface area contributed by atoms with Gasteiger partial charge in [-0.25, -0.2) is 19.6 Å². The molecule has 1 aromatic heterocycles. The van der Waals surface area contributed by atoms with Crippen molar-refractivity contribution in [3.63, 3.8) is 0 Å². The van der Waals surface area contributed by atoms with Crippen LogP contribution in [0.3, 0.4) is 0 Å². The SMILES string of the molecule is CC(C)(C)OC(=O)NNc1nc(Cl)ncc1C(=O)c1ccc(F)cc1. The van der Waals surface area contributed by atoms with E-state index in [1.165, 1.54) is 18.3 Å². The smallest absolute Gasteiger partial charge is 0.426 e. The van der Waals surface area contributed by atoms with Crippen molar-refractivity contribution >= 4 is 29.3 Å². The molecule has 0 fully saturated rings. The van der Waals surface area contributed by atoms with Gasteiger partial charge in [-0.05, 0) is 56.6 Å². The zero-order chi connectivity index (χ0) is 18.6. The van der Waals surface area contributed by atoms with E-state index in [-0.39, 0.29) is 22.2 Å². The second-order valence-corrected chi connectivity index (χ2v) is 6.33. The van der Waals surface area contributed by atoms with Crippen molar-refractivity contribution in [2.75, 3.05) is 5.43 Å². The summed E-state index contributed by atoms with van der Waals surface area (Å²) in [5, 5.41) is -0.121. The lowest BCUT2D eigenvalue weighted by molar-refractivity contribution is 0.0540. The maximum absolute atomic E-state index is 13.0. The summed E-state index contributed by atoms with van der Waals surface area (Å²) in [5.41, 5.74) is 4.33. The maximum atomic E-state index is 13.0. The van der Waals surface area contributed by atoms with Crippen LogP contribution in [0.2, 0.25) is 5.28 Å². The van der Waals surface area contributed by atoms with E-state index in [2.05, 4.69) is 20.8 Å². The number of ketones is 1. The molecular formula is C16H16ClFN4O3. The quantitative estimate of drug-likeness (QED) is 0.489. The van der Waals surface area contributed by atoms with Gasteiger partial charge in [-0.15, -0.1) is 0 Å². The van der Waals surface area contributed by atoms with Crippen LogP contribution in [0.25, 0.3) is 0 Å². The average molecular weight is 367 g/mol. The predicted octanol–water partition coefficient (Wildman–Crippen LogP) is 3.35. The number of aromatic nitrogens is 2. The highest BCUT2D eigenvalue weighted by atomic mass is 35.5. The van der Waals surface area contributed by atoms with Gasteiger partial charge in [-0.1, -0.05) is 0 Å². The third-order valence-electron chi connectivity index (χ3n) is 2.79. The molecule has 132 valence electrons. The zero-order valence-corrected chi connectivity index (χ0v) is 14.5. The van der Waals surface area contributed by atoms with Gasteiger partial charge >= 0.3 is 6.09 Å². The van der Waals surface area contributed by atoms with E-state index in [0.29, 0.717) is 0 Å². The summed E-state index contributed by atoms with van der Waals surface area (Å²) < 4.78 is 18.1. The zero-order valence-electron chi connectivity index (χ0n) is 13.8. The molecule has 25 heavy (non-hydrogen) atoms. The average Bonchev–Trinajstić information content (AvgIpc) is 2.51. The molecule has 2 N–H and O–H groups in total. The molecule has 1 amide bonds. The Labute approximate surface area is 148 Å². The van der Waals surface area contributed by atoms with Crippen LogP contribution in [-0.2, 0) is 4.74 Å². The van der Waals surface area contributed by atoms with Crippen molar-refractivity contribution in [3.8, 4) is 0 Å². The predicted molar refractivity (Wildman–Crippen MR) is 89.9 cm³/mol. The molecule has 0 spiro atoms. The summed E-state index contributed by atoms with van der Waals surface area (Å²) >= 11 is 5.74. The van der Waals surface area contributed by atoms with Crippen molar-refractivity contribution in [1.29, 1.82) is 0 Å². The second-order valence-electron chi connectivity index (χ2n) is 5.99. The van der Waals surface area contributed by atoms with Gasteiger partial charge in [0.1, 0.15) is 11.4 Å². The maximum Gasteiger partial charge on any atom is 0.426 e. The van der Waals surface area contributed by atoms with Gasteiger partial charge in [0.25, 0.3) is 0 Å². The van der Waals surface area contributed by atoms with Crippen LogP contribution in [0.5, 0.6) is 0 Å². The Morgan fingerprint density at radius 2 is 1.84 bits per heavy atom. The lowest BCUT2D eigenvalue weighted by atomic mass is 10.1. The van der Waals surface area contributed by atoms with E-state index >= 15 is 0 Å². The van der Waals surface area contributed by atoms with Crippen LogP contribution < -0.4 is 10.9 Å². The third-order valence-corrected chi connectivity index (χ3v) is 2.97. The highest BCUT2D eigenvalue weighted by molar-refractivity contribution is 6.28. The first kappa shape index (κ1) is 18.6. The third kappa shape index (κ3) is 5.39. The van der Waals surface area contributed by atoms with Crippen molar-refractivity contribution in [2.45, 2.75) is 26.4 Å². The molecule has 0 unspecified atom stereocenters. The number of nitrogens with zero attached hydrogens (tertiary/aromatic N) is 2. The number of carbonyl (C=O) groups excluding carboxylic acids is 2. The normalized spacial score (nSPS) is 10.9. The van der Waals surface area contributed by atoms with Crippen molar-refractivity contribution in [3.05, 3.63) is 52.7 Å². The van der Waals surface area contributed by atoms with Crippen LogP contribution in [0.4, 0.5) is 15.0 Å². The summed E-state index contributed by atoms with van der Waals surface area (Å²) in [6, 6.07) is 4.99. The van der Waals surface area contributed by atoms with Gasteiger partial charge in [0.05, 0.1) is 5.56 Å². The number of rotatable bonds is 4. The summed E-state index contributed by atoms with van der Waals surface area (Å²) in [6.07, 6.45) is 0.447. The first-order chi connectivity index (χ1) is 11.7. The van der Waals surface area contributed by atoms with E-state index in [1.54, 1.807) is 20.8 Å². The van der Waals surface area contributed by atoms with Gasteiger partial charge in [-0.3, -0.25) is 10.2 Å². The summed E-state index contributed by atoms with van der Waals surface area (Å²) in [5.74, 6) is -0.945. The fourth-order valence-electron chi connectivity index (χ4n) is 1.79. The summed E-state index contributed by atoms with van der Waals surface area (Å²) in [7, 11) is 0. The van der Waals surface area contributed by atoms with Crippen molar-refractivity contribution in [1.82, 2.24) is 15.4 Å². The Bertz CT molecular complexity index is 791. The summed E-state index contributed by atoms with van der Waals surface area (Å²) in [6.45, 7) is 5.12. The number of halogens is 2. The molecule has 0 atom stereocenters. The van der Waals surface area contributed by atoms with Crippen LogP contribution >= 0.6 is 11.6 Å². The highest BCUT2D eigenvalue weighted by Gasteiger charge is 2.19. The molecule has 2 rings (SSSR count). The number of nitrogens with one attached hydrogen (secondary N) is 2. The number of hydrogen-bond acceptors (Lipinski definition) is 6. The van der Waals surface area contributed by atoms with Crippen LogP contribution in [0, 0.1) is 5.82 Å². The first-order valence-corrected chi connectivity index (χ1v) is 7.61. The molecule has 0 saturated carbocycles. The van der Waals surface area contributed by atoms with E-state index in [9.17, 15) is 14.0 Å². The number of hydrogen-bond donors (Lipinski definition) is 2. The number of ether oxygens (including phenoxy) is 1. The Morgan fingerprint density at radius 3 is 2.44 bits per heavy atom. The number of amides is 1. The van der Waals surface area contributed by atoms with E-state index in [1.807, 2.05) is 0 Å². The molecule has 0 aliphatic heterocycles. The fourth-order valence-corrected chi connectivity index (χ4v) is 1.93. The van der Waals surface area contributed by atoms with Crippen LogP contribution in [0.15, 0.2) is 30.5 Å². The Morgan fingerprint density at radius 1 is 1.20 bits per heavy atom. The Hall–Kier alpha value is -2.74. The molecule has 2 aromatic rings.